The maximum Gasteiger partial charge on any atom is 0.328 e. The number of H-pyrrole nitrogens is 1. The van der Waals surface area contributed by atoms with E-state index in [0.29, 0.717) is 13.0 Å². The summed E-state index contributed by atoms with van der Waals surface area (Å²) in [6.45, 7) is 2.07. The third-order valence-electron chi connectivity index (χ3n) is 1.79. The molecule has 1 N–H and O–H groups in total. The Morgan fingerprint density at radius 1 is 1.53 bits per heavy atom. The van der Waals surface area contributed by atoms with E-state index >= 15 is 0 Å². The van der Waals surface area contributed by atoms with Gasteiger partial charge < -0.3 is 0 Å². The third-order valence-corrected chi connectivity index (χ3v) is 1.79. The second-order valence-electron chi connectivity index (χ2n) is 2.78. The summed E-state index contributed by atoms with van der Waals surface area (Å²) in [6, 6.07) is 1.71. The number of aromatic amines is 1. The van der Waals surface area contributed by atoms with Gasteiger partial charge in [-0.15, -0.1) is 11.8 Å². The summed E-state index contributed by atoms with van der Waals surface area (Å²) in [5, 5.41) is 8.59. The lowest BCUT2D eigenvalue weighted by atomic mass is 10.3. The van der Waals surface area contributed by atoms with Crippen LogP contribution >= 0.6 is 0 Å². The molecule has 0 saturated heterocycles. The molecule has 0 amide bonds. The molecule has 0 atom stereocenters. The fourth-order valence-corrected chi connectivity index (χ4v) is 1.06. The average Bonchev–Trinajstić information content (AvgIpc) is 2.21. The van der Waals surface area contributed by atoms with E-state index in [2.05, 4.69) is 16.8 Å². The Morgan fingerprint density at radius 3 is 2.87 bits per heavy atom. The van der Waals surface area contributed by atoms with Gasteiger partial charge in [0, 0.05) is 19.2 Å². The highest BCUT2D eigenvalue weighted by atomic mass is 16.2. The molecule has 5 nitrogen and oxygen atoms in total. The van der Waals surface area contributed by atoms with Gasteiger partial charge in [-0.05, 0) is 6.92 Å². The van der Waals surface area contributed by atoms with Crippen LogP contribution in [-0.4, -0.2) is 9.55 Å². The van der Waals surface area contributed by atoms with Gasteiger partial charge in [-0.2, -0.15) is 5.26 Å². The molecule has 0 aromatic carbocycles. The minimum Gasteiger partial charge on any atom is -0.298 e. The Bertz CT molecular complexity index is 563. The van der Waals surface area contributed by atoms with E-state index in [1.54, 1.807) is 13.0 Å². The van der Waals surface area contributed by atoms with Crippen molar-refractivity contribution < 1.29 is 0 Å². The first-order chi connectivity index (χ1) is 7.19. The molecule has 5 heteroatoms. The van der Waals surface area contributed by atoms with Gasteiger partial charge in [-0.3, -0.25) is 14.3 Å². The van der Waals surface area contributed by atoms with Gasteiger partial charge in [-0.1, -0.05) is 0 Å². The summed E-state index contributed by atoms with van der Waals surface area (Å²) in [5.41, 5.74) is -1.24. The van der Waals surface area contributed by atoms with Gasteiger partial charge in [0.2, 0.25) is 0 Å². The molecule has 0 spiro atoms. The molecule has 0 aliphatic heterocycles. The molecule has 0 saturated carbocycles. The lowest BCUT2D eigenvalue weighted by Crippen LogP contribution is -2.31. The molecule has 0 aliphatic carbocycles. The summed E-state index contributed by atoms with van der Waals surface area (Å²) in [6.07, 6.45) is 1.76. The molecule has 0 fully saturated rings. The quantitative estimate of drug-likeness (QED) is 0.677. The molecular formula is C10H9N3O2. The van der Waals surface area contributed by atoms with Crippen molar-refractivity contribution in [2.45, 2.75) is 19.9 Å². The first kappa shape index (κ1) is 10.8. The van der Waals surface area contributed by atoms with Crippen molar-refractivity contribution in [2.75, 3.05) is 0 Å². The first-order valence-electron chi connectivity index (χ1n) is 4.32. The summed E-state index contributed by atoms with van der Waals surface area (Å²) in [7, 11) is 0. The molecule has 0 bridgehead atoms. The lowest BCUT2D eigenvalue weighted by molar-refractivity contribution is 0.659. The minimum absolute atomic E-state index is 0.0703. The van der Waals surface area contributed by atoms with Crippen molar-refractivity contribution >= 4 is 0 Å². The summed E-state index contributed by atoms with van der Waals surface area (Å²) in [5.74, 6) is 5.49. The Balaban J connectivity index is 3.08. The number of nitrogens with zero attached hydrogens (tertiary/aromatic N) is 2. The van der Waals surface area contributed by atoms with Crippen molar-refractivity contribution in [3.63, 3.8) is 0 Å². The van der Waals surface area contributed by atoms with Crippen molar-refractivity contribution in [3.05, 3.63) is 32.6 Å². The highest BCUT2D eigenvalue weighted by Gasteiger charge is 2.02. The molecule has 1 aromatic heterocycles. The molecule has 1 rings (SSSR count). The predicted octanol–water partition coefficient (Wildman–Crippen LogP) is -0.178. The Hall–Kier alpha value is -2.27. The largest absolute Gasteiger partial charge is 0.328 e. The molecule has 1 aromatic rings. The number of hydrogen-bond acceptors (Lipinski definition) is 3. The number of rotatable bonds is 2. The third kappa shape index (κ3) is 2.58. The SMILES string of the molecule is CC#CCCn1cc(C#N)c(=O)[nH]c1=O. The van der Waals surface area contributed by atoms with Gasteiger partial charge in [0.15, 0.2) is 0 Å². The lowest BCUT2D eigenvalue weighted by Gasteiger charge is -2.01. The number of aryl methyl sites for hydroxylation is 1. The van der Waals surface area contributed by atoms with Crippen LogP contribution in [0.3, 0.4) is 0 Å². The van der Waals surface area contributed by atoms with Crippen LogP contribution < -0.4 is 11.2 Å². The van der Waals surface area contributed by atoms with E-state index < -0.39 is 11.2 Å². The van der Waals surface area contributed by atoms with E-state index in [9.17, 15) is 9.59 Å². The van der Waals surface area contributed by atoms with Crippen LogP contribution in [0.4, 0.5) is 0 Å². The van der Waals surface area contributed by atoms with E-state index in [4.69, 9.17) is 5.26 Å². The highest BCUT2D eigenvalue weighted by Crippen LogP contribution is 1.87. The topological polar surface area (TPSA) is 78.7 Å². The summed E-state index contributed by atoms with van der Waals surface area (Å²) >= 11 is 0. The van der Waals surface area contributed by atoms with Gasteiger partial charge in [0.25, 0.3) is 5.56 Å². The van der Waals surface area contributed by atoms with Crippen LogP contribution in [0.2, 0.25) is 0 Å². The Labute approximate surface area is 86.0 Å². The summed E-state index contributed by atoms with van der Waals surface area (Å²) in [4.78, 5) is 24.4. The van der Waals surface area contributed by atoms with Crippen LogP contribution in [0.25, 0.3) is 0 Å². The van der Waals surface area contributed by atoms with Crippen LogP contribution in [0.15, 0.2) is 15.8 Å². The zero-order valence-electron chi connectivity index (χ0n) is 8.20. The van der Waals surface area contributed by atoms with E-state index in [1.165, 1.54) is 10.8 Å². The maximum absolute atomic E-state index is 11.3. The van der Waals surface area contributed by atoms with Crippen LogP contribution in [-0.2, 0) is 6.54 Å². The molecule has 0 unspecified atom stereocenters. The molecule has 0 aliphatic rings. The van der Waals surface area contributed by atoms with Gasteiger partial charge in [-0.25, -0.2) is 4.79 Å². The second-order valence-corrected chi connectivity index (χ2v) is 2.78. The van der Waals surface area contributed by atoms with E-state index in [-0.39, 0.29) is 5.56 Å². The maximum atomic E-state index is 11.3. The molecule has 0 radical (unpaired) electrons. The highest BCUT2D eigenvalue weighted by molar-refractivity contribution is 5.21. The van der Waals surface area contributed by atoms with E-state index in [0.717, 1.165) is 0 Å². The van der Waals surface area contributed by atoms with Crippen molar-refractivity contribution in [3.8, 4) is 17.9 Å². The number of aromatic nitrogens is 2. The van der Waals surface area contributed by atoms with Crippen LogP contribution in [0.5, 0.6) is 0 Å². The normalized spacial score (nSPS) is 8.80. The first-order valence-corrected chi connectivity index (χ1v) is 4.32. The zero-order valence-corrected chi connectivity index (χ0v) is 8.20. The van der Waals surface area contributed by atoms with Crippen molar-refractivity contribution in [1.82, 2.24) is 9.55 Å². The number of hydrogen-bond donors (Lipinski definition) is 1. The van der Waals surface area contributed by atoms with Gasteiger partial charge in [0.05, 0.1) is 0 Å². The molecule has 1 heterocycles. The average molecular weight is 203 g/mol. The Morgan fingerprint density at radius 2 is 2.27 bits per heavy atom. The van der Waals surface area contributed by atoms with Crippen LogP contribution in [0, 0.1) is 23.2 Å². The Kier molecular flexibility index (Phi) is 3.48. The van der Waals surface area contributed by atoms with Crippen molar-refractivity contribution in [1.29, 1.82) is 5.26 Å². The van der Waals surface area contributed by atoms with E-state index in [1.807, 2.05) is 0 Å². The second kappa shape index (κ2) is 4.83. The molecular weight excluding hydrogens is 194 g/mol. The monoisotopic (exact) mass is 203 g/mol. The van der Waals surface area contributed by atoms with Gasteiger partial charge in [0.1, 0.15) is 11.6 Å². The van der Waals surface area contributed by atoms with Crippen LogP contribution in [0.1, 0.15) is 18.9 Å². The van der Waals surface area contributed by atoms with Crippen molar-refractivity contribution in [2.24, 2.45) is 0 Å². The summed E-state index contributed by atoms with van der Waals surface area (Å²) < 4.78 is 1.27. The fourth-order valence-electron chi connectivity index (χ4n) is 1.06. The minimum atomic E-state index is -0.652. The van der Waals surface area contributed by atoms with Gasteiger partial charge >= 0.3 is 5.69 Å². The molecule has 76 valence electrons. The zero-order chi connectivity index (χ0) is 11.3. The number of nitriles is 1. The predicted molar refractivity (Wildman–Crippen MR) is 54.1 cm³/mol. The molecule has 15 heavy (non-hydrogen) atoms. The number of nitrogens with one attached hydrogen (secondary N) is 1. The standard InChI is InChI=1S/C10H9N3O2/c1-2-3-4-5-13-7-8(6-11)9(14)12-10(13)15/h7H,4-5H2,1H3,(H,12,14,15). The fraction of sp³-hybridized carbons (Fsp3) is 0.300. The smallest absolute Gasteiger partial charge is 0.298 e.